The maximum atomic E-state index is 11.0. The van der Waals surface area contributed by atoms with Gasteiger partial charge < -0.3 is 9.47 Å². The molecule has 0 N–H and O–H groups in total. The zero-order valence-electron chi connectivity index (χ0n) is 10.9. The van der Waals surface area contributed by atoms with Crippen molar-refractivity contribution < 1.29 is 14.4 Å². The first-order valence-electron chi connectivity index (χ1n) is 6.39. The lowest BCUT2D eigenvalue weighted by atomic mass is 9.91. The Morgan fingerprint density at radius 3 is 2.85 bits per heavy atom. The highest BCUT2D eigenvalue weighted by Gasteiger charge is 2.43. The van der Waals surface area contributed by atoms with Gasteiger partial charge in [0.1, 0.15) is 12.2 Å². The van der Waals surface area contributed by atoms with Crippen LogP contribution in [0, 0.1) is 10.1 Å². The Morgan fingerprint density at radius 1 is 1.50 bits per heavy atom. The van der Waals surface area contributed by atoms with Crippen LogP contribution in [0.2, 0.25) is 5.02 Å². The molecule has 1 aliphatic carbocycles. The topological polar surface area (TPSA) is 61.6 Å². The van der Waals surface area contributed by atoms with Crippen molar-refractivity contribution in [3.05, 3.63) is 33.3 Å². The molecule has 0 saturated heterocycles. The molecule has 3 unspecified atom stereocenters. The Hall–Kier alpha value is -1.04. The SMILES string of the molecule is CCCOC1C(Cl)CC1Oc1c(Cl)cccc1[N+](=O)[O-]. The van der Waals surface area contributed by atoms with Gasteiger partial charge in [-0.15, -0.1) is 11.6 Å². The van der Waals surface area contributed by atoms with E-state index in [9.17, 15) is 10.1 Å². The second kappa shape index (κ2) is 6.61. The normalized spacial score (nSPS) is 25.1. The first-order valence-corrected chi connectivity index (χ1v) is 7.21. The fourth-order valence-corrected chi connectivity index (χ4v) is 2.64. The number of rotatable bonds is 6. The predicted octanol–water partition coefficient (Wildman–Crippen LogP) is 3.80. The van der Waals surface area contributed by atoms with Gasteiger partial charge in [0, 0.05) is 19.1 Å². The molecule has 1 aromatic rings. The summed E-state index contributed by atoms with van der Waals surface area (Å²) in [6.45, 7) is 2.58. The van der Waals surface area contributed by atoms with Crippen LogP contribution in [-0.2, 0) is 4.74 Å². The Bertz CT molecular complexity index is 497. The molecule has 2 rings (SSSR count). The summed E-state index contributed by atoms with van der Waals surface area (Å²) in [6, 6.07) is 4.44. The molecule has 0 amide bonds. The van der Waals surface area contributed by atoms with E-state index < -0.39 is 4.92 Å². The van der Waals surface area contributed by atoms with Crippen molar-refractivity contribution in [3.8, 4) is 5.75 Å². The minimum Gasteiger partial charge on any atom is -0.480 e. The molecule has 0 aromatic heterocycles. The van der Waals surface area contributed by atoms with Crippen LogP contribution in [0.25, 0.3) is 0 Å². The smallest absolute Gasteiger partial charge is 0.312 e. The van der Waals surface area contributed by atoms with Gasteiger partial charge in [-0.05, 0) is 12.5 Å². The van der Waals surface area contributed by atoms with Crippen LogP contribution in [0.5, 0.6) is 5.75 Å². The minimum atomic E-state index is -0.514. The summed E-state index contributed by atoms with van der Waals surface area (Å²) in [5, 5.41) is 11.1. The van der Waals surface area contributed by atoms with Gasteiger partial charge in [0.15, 0.2) is 0 Å². The molecule has 0 aliphatic heterocycles. The van der Waals surface area contributed by atoms with Gasteiger partial charge in [0.25, 0.3) is 0 Å². The number of hydrogen-bond acceptors (Lipinski definition) is 4. The Balaban J connectivity index is 2.12. The summed E-state index contributed by atoms with van der Waals surface area (Å²) < 4.78 is 11.3. The molecule has 20 heavy (non-hydrogen) atoms. The van der Waals surface area contributed by atoms with Crippen LogP contribution in [0.3, 0.4) is 0 Å². The molecule has 0 heterocycles. The fourth-order valence-electron chi connectivity index (χ4n) is 2.02. The van der Waals surface area contributed by atoms with Gasteiger partial charge in [-0.25, -0.2) is 0 Å². The molecule has 7 heteroatoms. The van der Waals surface area contributed by atoms with E-state index >= 15 is 0 Å². The molecule has 1 aliphatic rings. The van der Waals surface area contributed by atoms with E-state index in [-0.39, 0.29) is 34.0 Å². The third-order valence-electron chi connectivity index (χ3n) is 3.11. The summed E-state index contributed by atoms with van der Waals surface area (Å²) in [4.78, 5) is 10.5. The van der Waals surface area contributed by atoms with E-state index in [4.69, 9.17) is 32.7 Å². The van der Waals surface area contributed by atoms with Crippen LogP contribution in [0.15, 0.2) is 18.2 Å². The van der Waals surface area contributed by atoms with E-state index in [1.54, 1.807) is 6.07 Å². The lowest BCUT2D eigenvalue weighted by Crippen LogP contribution is -2.52. The van der Waals surface area contributed by atoms with Crippen LogP contribution >= 0.6 is 23.2 Å². The summed E-state index contributed by atoms with van der Waals surface area (Å²) >= 11 is 12.1. The first kappa shape index (κ1) is 15.4. The van der Waals surface area contributed by atoms with E-state index in [0.29, 0.717) is 13.0 Å². The predicted molar refractivity (Wildman–Crippen MR) is 76.8 cm³/mol. The standard InChI is InChI=1S/C13H15Cl2NO4/c1-2-6-19-13-9(15)7-11(13)20-12-8(14)4-3-5-10(12)16(17)18/h3-5,9,11,13H,2,6-7H2,1H3. The van der Waals surface area contributed by atoms with Crippen molar-refractivity contribution in [3.63, 3.8) is 0 Å². The second-order valence-corrected chi connectivity index (χ2v) is 5.56. The average Bonchev–Trinajstić information content (AvgIpc) is 2.40. The van der Waals surface area contributed by atoms with E-state index in [2.05, 4.69) is 0 Å². The van der Waals surface area contributed by atoms with Crippen molar-refractivity contribution in [1.82, 2.24) is 0 Å². The molecular weight excluding hydrogens is 305 g/mol. The number of hydrogen-bond donors (Lipinski definition) is 0. The lowest BCUT2D eigenvalue weighted by molar-refractivity contribution is -0.386. The van der Waals surface area contributed by atoms with Gasteiger partial charge >= 0.3 is 5.69 Å². The number of alkyl halides is 1. The van der Waals surface area contributed by atoms with E-state index in [1.807, 2.05) is 6.92 Å². The van der Waals surface area contributed by atoms with Gasteiger partial charge in [-0.1, -0.05) is 24.6 Å². The van der Waals surface area contributed by atoms with Gasteiger partial charge in [0.05, 0.1) is 15.3 Å². The molecule has 1 aromatic carbocycles. The van der Waals surface area contributed by atoms with Crippen LogP contribution in [0.1, 0.15) is 19.8 Å². The summed E-state index contributed by atoms with van der Waals surface area (Å²) in [5.41, 5.74) is -0.148. The summed E-state index contributed by atoms with van der Waals surface area (Å²) in [6.07, 6.45) is 0.896. The average molecular weight is 320 g/mol. The first-order chi connectivity index (χ1) is 9.54. The van der Waals surface area contributed by atoms with Crippen molar-refractivity contribution in [1.29, 1.82) is 0 Å². The van der Waals surface area contributed by atoms with E-state index in [0.717, 1.165) is 6.42 Å². The summed E-state index contributed by atoms with van der Waals surface area (Å²) in [7, 11) is 0. The molecule has 1 saturated carbocycles. The molecule has 5 nitrogen and oxygen atoms in total. The quantitative estimate of drug-likeness (QED) is 0.454. The number of halogens is 2. The third-order valence-corrected chi connectivity index (χ3v) is 3.83. The molecule has 0 bridgehead atoms. The Kier molecular flexibility index (Phi) is 5.07. The number of para-hydroxylation sites is 1. The number of nitro groups is 1. The number of benzene rings is 1. The minimum absolute atomic E-state index is 0.0813. The third kappa shape index (κ3) is 3.16. The van der Waals surface area contributed by atoms with Gasteiger partial charge in [-0.2, -0.15) is 0 Å². The van der Waals surface area contributed by atoms with Crippen molar-refractivity contribution in [2.45, 2.75) is 37.4 Å². The van der Waals surface area contributed by atoms with Gasteiger partial charge in [0.2, 0.25) is 5.75 Å². The molecule has 0 spiro atoms. The second-order valence-electron chi connectivity index (χ2n) is 4.59. The van der Waals surface area contributed by atoms with Crippen molar-refractivity contribution >= 4 is 28.9 Å². The number of ether oxygens (including phenoxy) is 2. The highest BCUT2D eigenvalue weighted by atomic mass is 35.5. The molecule has 1 fully saturated rings. The maximum Gasteiger partial charge on any atom is 0.312 e. The monoisotopic (exact) mass is 319 g/mol. The molecule has 3 atom stereocenters. The van der Waals surface area contributed by atoms with Crippen molar-refractivity contribution in [2.75, 3.05) is 6.61 Å². The molecule has 0 radical (unpaired) electrons. The lowest BCUT2D eigenvalue weighted by Gasteiger charge is -2.40. The number of nitrogens with zero attached hydrogens (tertiary/aromatic N) is 1. The molecular formula is C13H15Cl2NO4. The van der Waals surface area contributed by atoms with Crippen LogP contribution in [0.4, 0.5) is 5.69 Å². The van der Waals surface area contributed by atoms with Gasteiger partial charge in [-0.3, -0.25) is 10.1 Å². The van der Waals surface area contributed by atoms with Crippen molar-refractivity contribution in [2.24, 2.45) is 0 Å². The Labute approximate surface area is 126 Å². The number of nitro benzene ring substituents is 1. The van der Waals surface area contributed by atoms with E-state index in [1.165, 1.54) is 12.1 Å². The zero-order valence-corrected chi connectivity index (χ0v) is 12.4. The highest BCUT2D eigenvalue weighted by molar-refractivity contribution is 6.32. The highest BCUT2D eigenvalue weighted by Crippen LogP contribution is 2.40. The Morgan fingerprint density at radius 2 is 2.25 bits per heavy atom. The fraction of sp³-hybridized carbons (Fsp3) is 0.538. The molecule has 110 valence electrons. The zero-order chi connectivity index (χ0) is 14.7. The maximum absolute atomic E-state index is 11.0. The summed E-state index contributed by atoms with van der Waals surface area (Å²) in [5.74, 6) is 0.0813. The largest absolute Gasteiger partial charge is 0.480 e. The van der Waals surface area contributed by atoms with Crippen LogP contribution in [-0.4, -0.2) is 29.1 Å². The van der Waals surface area contributed by atoms with Crippen LogP contribution < -0.4 is 4.74 Å².